The van der Waals surface area contributed by atoms with Crippen molar-refractivity contribution in [1.29, 1.82) is 0 Å². The normalized spacial score (nSPS) is 25.7. The van der Waals surface area contributed by atoms with Crippen LogP contribution in [0.25, 0.3) is 0 Å². The number of anilines is 1. The lowest BCUT2D eigenvalue weighted by Gasteiger charge is -2.47. The zero-order chi connectivity index (χ0) is 17.7. The summed E-state index contributed by atoms with van der Waals surface area (Å²) in [4.78, 5) is 27.7. The summed E-state index contributed by atoms with van der Waals surface area (Å²) in [5.74, 6) is -0.411. The van der Waals surface area contributed by atoms with Gasteiger partial charge in [-0.25, -0.2) is 8.42 Å². The summed E-state index contributed by atoms with van der Waals surface area (Å²) in [6.07, 6.45) is 5.00. The first-order chi connectivity index (χ1) is 11.1. The van der Waals surface area contributed by atoms with Crippen LogP contribution in [0.2, 0.25) is 0 Å². The molecule has 0 aliphatic carbocycles. The van der Waals surface area contributed by atoms with E-state index in [1.165, 1.54) is 16.1 Å². The van der Waals surface area contributed by atoms with Crippen LogP contribution in [0, 0.1) is 0 Å². The molecule has 1 aromatic rings. The Morgan fingerprint density at radius 1 is 1.33 bits per heavy atom. The number of hydrogen-bond donors (Lipinski definition) is 0. The number of carbonyl (C=O) groups is 2. The third kappa shape index (κ3) is 2.80. The molecule has 1 aromatic heterocycles. The topological polar surface area (TPSA) is 95.8 Å². The highest BCUT2D eigenvalue weighted by atomic mass is 32.2. The van der Waals surface area contributed by atoms with Gasteiger partial charge in [0.2, 0.25) is 21.8 Å². The predicted octanol–water partition coefficient (Wildman–Crippen LogP) is -0.981. The molecule has 0 N–H and O–H groups in total. The van der Waals surface area contributed by atoms with Gasteiger partial charge in [0.15, 0.2) is 0 Å². The van der Waals surface area contributed by atoms with Crippen LogP contribution >= 0.6 is 0 Å². The molecule has 0 aromatic carbocycles. The lowest BCUT2D eigenvalue weighted by molar-refractivity contribution is -0.142. The summed E-state index contributed by atoms with van der Waals surface area (Å²) >= 11 is 0. The van der Waals surface area contributed by atoms with Crippen molar-refractivity contribution in [2.75, 3.05) is 37.3 Å². The van der Waals surface area contributed by atoms with Gasteiger partial charge in [-0.1, -0.05) is 0 Å². The highest BCUT2D eigenvalue weighted by Crippen LogP contribution is 2.35. The van der Waals surface area contributed by atoms with E-state index in [2.05, 4.69) is 5.10 Å². The van der Waals surface area contributed by atoms with E-state index in [0.29, 0.717) is 18.7 Å². The molecule has 2 amide bonds. The molecule has 0 bridgehead atoms. The molecule has 2 aliphatic heterocycles. The number of hydrogen-bond acceptors (Lipinski definition) is 5. The molecule has 2 aliphatic rings. The first kappa shape index (κ1) is 16.9. The second-order valence-corrected chi connectivity index (χ2v) is 8.51. The minimum Gasteiger partial charge on any atom is -0.325 e. The monoisotopic (exact) mass is 355 g/mol. The molecule has 132 valence electrons. The maximum absolute atomic E-state index is 12.5. The van der Waals surface area contributed by atoms with Gasteiger partial charge in [-0.3, -0.25) is 14.3 Å². The van der Waals surface area contributed by atoms with Crippen molar-refractivity contribution >= 4 is 27.5 Å². The van der Waals surface area contributed by atoms with Crippen LogP contribution < -0.4 is 4.90 Å². The molecular weight excluding hydrogens is 334 g/mol. The Morgan fingerprint density at radius 3 is 2.54 bits per heavy atom. The number of rotatable bonds is 2. The van der Waals surface area contributed by atoms with Gasteiger partial charge in [-0.05, 0) is 6.42 Å². The first-order valence-electron chi connectivity index (χ1n) is 7.65. The van der Waals surface area contributed by atoms with Gasteiger partial charge in [-0.2, -0.15) is 9.40 Å². The Kier molecular flexibility index (Phi) is 3.91. The van der Waals surface area contributed by atoms with Crippen molar-refractivity contribution in [1.82, 2.24) is 19.0 Å². The van der Waals surface area contributed by atoms with Crippen molar-refractivity contribution < 1.29 is 18.0 Å². The van der Waals surface area contributed by atoms with Crippen molar-refractivity contribution in [3.8, 4) is 0 Å². The average Bonchev–Trinajstić information content (AvgIpc) is 3.08. The van der Waals surface area contributed by atoms with Crippen LogP contribution in [-0.2, 0) is 26.7 Å². The van der Waals surface area contributed by atoms with Crippen LogP contribution in [0.15, 0.2) is 12.4 Å². The van der Waals surface area contributed by atoms with Crippen LogP contribution in [0.3, 0.4) is 0 Å². The van der Waals surface area contributed by atoms with Gasteiger partial charge < -0.3 is 9.80 Å². The van der Waals surface area contributed by atoms with Gasteiger partial charge >= 0.3 is 0 Å². The molecule has 0 unspecified atom stereocenters. The summed E-state index contributed by atoms with van der Waals surface area (Å²) in [5, 5.41) is 4.09. The fourth-order valence-electron chi connectivity index (χ4n) is 3.54. The van der Waals surface area contributed by atoms with E-state index in [1.807, 2.05) is 0 Å². The molecule has 0 radical (unpaired) electrons. The number of piperazine rings is 1. The molecule has 0 saturated carbocycles. The second-order valence-electron chi connectivity index (χ2n) is 6.53. The maximum Gasteiger partial charge on any atom is 0.246 e. The molecule has 9 nitrogen and oxygen atoms in total. The van der Waals surface area contributed by atoms with E-state index in [0.717, 1.165) is 6.26 Å². The predicted molar refractivity (Wildman–Crippen MR) is 86.7 cm³/mol. The molecule has 3 heterocycles. The van der Waals surface area contributed by atoms with Crippen LogP contribution in [0.4, 0.5) is 5.69 Å². The Balaban J connectivity index is 1.95. The molecule has 2 saturated heterocycles. The molecule has 3 rings (SSSR count). The summed E-state index contributed by atoms with van der Waals surface area (Å²) in [7, 11) is -1.58. The van der Waals surface area contributed by atoms with Gasteiger partial charge in [0, 0.05) is 33.3 Å². The van der Waals surface area contributed by atoms with Crippen LogP contribution in [-0.4, -0.2) is 77.2 Å². The smallest absolute Gasteiger partial charge is 0.246 e. The number of aryl methyl sites for hydroxylation is 1. The number of nitrogens with zero attached hydrogens (tertiary/aromatic N) is 5. The zero-order valence-corrected chi connectivity index (χ0v) is 14.8. The second kappa shape index (κ2) is 5.55. The lowest BCUT2D eigenvalue weighted by Crippen LogP contribution is -2.66. The fourth-order valence-corrected chi connectivity index (χ4v) is 4.43. The largest absolute Gasteiger partial charge is 0.325 e. The minimum atomic E-state index is -3.34. The lowest BCUT2D eigenvalue weighted by atomic mass is 9.92. The molecule has 1 spiro atoms. The van der Waals surface area contributed by atoms with Gasteiger partial charge in [-0.15, -0.1) is 0 Å². The highest BCUT2D eigenvalue weighted by molar-refractivity contribution is 7.88. The molecule has 10 heteroatoms. The van der Waals surface area contributed by atoms with Gasteiger partial charge in [0.05, 0.1) is 30.2 Å². The standard InChI is InChI=1S/C14H21N5O4S/c1-11(20)19-8-13(21)18(12-6-15-16(2)7-12)10-14(19)4-5-17(9-14)24(3,22)23/h6-7H,4-5,8-10H2,1-3H3/t14-/m1/s1. The molecule has 1 atom stereocenters. The minimum absolute atomic E-state index is 0.0537. The number of amides is 2. The van der Waals surface area contributed by atoms with E-state index in [4.69, 9.17) is 0 Å². The zero-order valence-electron chi connectivity index (χ0n) is 14.0. The van der Waals surface area contributed by atoms with E-state index in [9.17, 15) is 18.0 Å². The number of aromatic nitrogens is 2. The first-order valence-corrected chi connectivity index (χ1v) is 9.50. The summed E-state index contributed by atoms with van der Waals surface area (Å²) in [6.45, 7) is 2.18. The highest BCUT2D eigenvalue weighted by Gasteiger charge is 2.52. The van der Waals surface area contributed by atoms with E-state index < -0.39 is 15.6 Å². The summed E-state index contributed by atoms with van der Waals surface area (Å²) in [5.41, 5.74) is -0.0403. The molecule has 2 fully saturated rings. The number of sulfonamides is 1. The summed E-state index contributed by atoms with van der Waals surface area (Å²) in [6, 6.07) is 0. The average molecular weight is 355 g/mol. The Morgan fingerprint density at radius 2 is 2.04 bits per heavy atom. The quantitative estimate of drug-likeness (QED) is 0.679. The Hall–Kier alpha value is -1.94. The number of carbonyl (C=O) groups excluding carboxylic acids is 2. The SMILES string of the molecule is CC(=O)N1CC(=O)N(c2cnn(C)c2)C[C@]12CCN(S(C)(=O)=O)C2. The third-order valence-electron chi connectivity index (χ3n) is 4.77. The van der Waals surface area contributed by atoms with Gasteiger partial charge in [0.1, 0.15) is 6.54 Å². The van der Waals surface area contributed by atoms with Crippen molar-refractivity contribution in [3.05, 3.63) is 12.4 Å². The molecular formula is C14H21N5O4S. The Bertz CT molecular complexity index is 789. The third-order valence-corrected chi connectivity index (χ3v) is 6.02. The maximum atomic E-state index is 12.5. The van der Waals surface area contributed by atoms with Crippen molar-refractivity contribution in [2.45, 2.75) is 18.9 Å². The summed E-state index contributed by atoms with van der Waals surface area (Å²) < 4.78 is 26.7. The van der Waals surface area contributed by atoms with Crippen molar-refractivity contribution in [3.63, 3.8) is 0 Å². The fraction of sp³-hybridized carbons (Fsp3) is 0.643. The van der Waals surface area contributed by atoms with E-state index >= 15 is 0 Å². The van der Waals surface area contributed by atoms with Crippen molar-refractivity contribution in [2.24, 2.45) is 7.05 Å². The van der Waals surface area contributed by atoms with Crippen LogP contribution in [0.5, 0.6) is 0 Å². The van der Waals surface area contributed by atoms with E-state index in [1.54, 1.807) is 29.0 Å². The van der Waals surface area contributed by atoms with Crippen LogP contribution in [0.1, 0.15) is 13.3 Å². The van der Waals surface area contributed by atoms with E-state index in [-0.39, 0.29) is 31.4 Å². The molecule has 24 heavy (non-hydrogen) atoms. The van der Waals surface area contributed by atoms with Gasteiger partial charge in [0.25, 0.3) is 0 Å². The Labute approximate surface area is 140 Å².